The Kier molecular flexibility index (Phi) is 4.79. The van der Waals surface area contributed by atoms with E-state index in [9.17, 15) is 0 Å². The highest BCUT2D eigenvalue weighted by Crippen LogP contribution is 2.26. The fourth-order valence-electron chi connectivity index (χ4n) is 2.97. The number of benzene rings is 1. The summed E-state index contributed by atoms with van der Waals surface area (Å²) in [4.78, 5) is 0. The highest BCUT2D eigenvalue weighted by molar-refractivity contribution is 5.26. The first kappa shape index (κ1) is 13.6. The van der Waals surface area contributed by atoms with Crippen molar-refractivity contribution in [3.05, 3.63) is 35.4 Å². The number of rotatable bonds is 4. The lowest BCUT2D eigenvalue weighted by Crippen LogP contribution is -2.51. The number of aryl methyl sites for hydroxylation is 1. The molecule has 1 saturated heterocycles. The van der Waals surface area contributed by atoms with Crippen LogP contribution in [0.1, 0.15) is 50.2 Å². The van der Waals surface area contributed by atoms with Crippen LogP contribution in [-0.2, 0) is 6.42 Å². The van der Waals surface area contributed by atoms with Gasteiger partial charge < -0.3 is 11.1 Å². The van der Waals surface area contributed by atoms with Crippen molar-refractivity contribution in [2.45, 2.75) is 57.5 Å². The first-order chi connectivity index (χ1) is 8.74. The van der Waals surface area contributed by atoms with Gasteiger partial charge >= 0.3 is 0 Å². The zero-order valence-electron chi connectivity index (χ0n) is 11.7. The summed E-state index contributed by atoms with van der Waals surface area (Å²) in [5.41, 5.74) is 9.11. The molecule has 2 nitrogen and oxygen atoms in total. The normalized spacial score (nSPS) is 28.3. The molecule has 3 N–H and O–H groups in total. The lowest BCUT2D eigenvalue weighted by atomic mass is 9.84. The minimum Gasteiger partial charge on any atom is -0.326 e. The molecule has 0 aliphatic carbocycles. The summed E-state index contributed by atoms with van der Waals surface area (Å²) >= 11 is 0. The van der Waals surface area contributed by atoms with E-state index in [1.54, 1.807) is 0 Å². The van der Waals surface area contributed by atoms with Crippen LogP contribution in [0.3, 0.4) is 0 Å². The van der Waals surface area contributed by atoms with E-state index in [4.69, 9.17) is 5.73 Å². The van der Waals surface area contributed by atoms with Crippen molar-refractivity contribution in [1.82, 2.24) is 5.32 Å². The van der Waals surface area contributed by atoms with Gasteiger partial charge in [-0.1, -0.05) is 44.5 Å². The number of piperidine rings is 1. The van der Waals surface area contributed by atoms with E-state index >= 15 is 0 Å². The largest absolute Gasteiger partial charge is 0.326 e. The van der Waals surface area contributed by atoms with Crippen LogP contribution in [0.15, 0.2) is 24.3 Å². The molecule has 1 aromatic rings. The van der Waals surface area contributed by atoms with E-state index in [1.807, 2.05) is 0 Å². The second kappa shape index (κ2) is 6.35. The van der Waals surface area contributed by atoms with Gasteiger partial charge in [-0.25, -0.2) is 0 Å². The van der Waals surface area contributed by atoms with E-state index in [0.29, 0.717) is 18.0 Å². The van der Waals surface area contributed by atoms with Gasteiger partial charge in [-0.2, -0.15) is 0 Å². The van der Waals surface area contributed by atoms with Crippen LogP contribution < -0.4 is 11.1 Å². The third kappa shape index (κ3) is 3.12. The molecule has 3 unspecified atom stereocenters. The van der Waals surface area contributed by atoms with E-state index in [0.717, 1.165) is 19.4 Å². The average Bonchev–Trinajstić information content (AvgIpc) is 2.40. The Labute approximate surface area is 111 Å². The maximum atomic E-state index is 6.23. The third-order valence-electron chi connectivity index (χ3n) is 4.13. The Morgan fingerprint density at radius 3 is 2.50 bits per heavy atom. The smallest absolute Gasteiger partial charge is 0.0216 e. The molecule has 1 aromatic carbocycles. The molecule has 0 bridgehead atoms. The van der Waals surface area contributed by atoms with Gasteiger partial charge in [0.25, 0.3) is 0 Å². The Bertz CT molecular complexity index is 358. The summed E-state index contributed by atoms with van der Waals surface area (Å²) in [7, 11) is 0. The van der Waals surface area contributed by atoms with E-state index in [1.165, 1.54) is 24.0 Å². The van der Waals surface area contributed by atoms with Crippen LogP contribution in [0.4, 0.5) is 0 Å². The summed E-state index contributed by atoms with van der Waals surface area (Å²) in [5, 5.41) is 3.58. The zero-order chi connectivity index (χ0) is 13.0. The van der Waals surface area contributed by atoms with Crippen LogP contribution in [0.5, 0.6) is 0 Å². The van der Waals surface area contributed by atoms with Crippen LogP contribution >= 0.6 is 0 Å². The Morgan fingerprint density at radius 2 is 1.94 bits per heavy atom. The highest BCUT2D eigenvalue weighted by Gasteiger charge is 2.26. The maximum Gasteiger partial charge on any atom is 0.0216 e. The fourth-order valence-corrected chi connectivity index (χ4v) is 2.97. The molecule has 0 aromatic heterocycles. The van der Waals surface area contributed by atoms with Gasteiger partial charge in [0.05, 0.1) is 0 Å². The molecule has 3 atom stereocenters. The number of hydrogen-bond acceptors (Lipinski definition) is 2. The summed E-state index contributed by atoms with van der Waals surface area (Å²) in [6.45, 7) is 5.50. The van der Waals surface area contributed by atoms with Crippen molar-refractivity contribution in [2.75, 3.05) is 6.54 Å². The molecule has 0 saturated carbocycles. The lowest BCUT2D eigenvalue weighted by Gasteiger charge is -2.35. The summed E-state index contributed by atoms with van der Waals surface area (Å²) < 4.78 is 0. The van der Waals surface area contributed by atoms with E-state index < -0.39 is 0 Å². The topological polar surface area (TPSA) is 38.0 Å². The third-order valence-corrected chi connectivity index (χ3v) is 4.13. The summed E-state index contributed by atoms with van der Waals surface area (Å²) in [6.07, 6.45) is 4.63. The predicted molar refractivity (Wildman–Crippen MR) is 77.9 cm³/mol. The molecule has 1 heterocycles. The van der Waals surface area contributed by atoms with Crippen molar-refractivity contribution in [3.63, 3.8) is 0 Å². The van der Waals surface area contributed by atoms with Gasteiger partial charge in [0.15, 0.2) is 0 Å². The second-order valence-corrected chi connectivity index (χ2v) is 5.51. The maximum absolute atomic E-state index is 6.23. The Morgan fingerprint density at radius 1 is 1.22 bits per heavy atom. The number of nitrogens with two attached hydrogens (primary N) is 1. The van der Waals surface area contributed by atoms with Gasteiger partial charge in [-0.15, -0.1) is 0 Å². The molecule has 100 valence electrons. The van der Waals surface area contributed by atoms with Crippen molar-refractivity contribution >= 4 is 0 Å². The first-order valence-electron chi connectivity index (χ1n) is 7.32. The molecule has 0 amide bonds. The van der Waals surface area contributed by atoms with Gasteiger partial charge in [0.1, 0.15) is 0 Å². The van der Waals surface area contributed by atoms with Crippen LogP contribution in [-0.4, -0.2) is 18.6 Å². The van der Waals surface area contributed by atoms with Gasteiger partial charge in [-0.3, -0.25) is 0 Å². The molecular formula is C16H26N2. The predicted octanol–water partition coefficient (Wildman–Crippen LogP) is 2.82. The van der Waals surface area contributed by atoms with Gasteiger partial charge in [-0.05, 0) is 36.3 Å². The van der Waals surface area contributed by atoms with Crippen molar-refractivity contribution < 1.29 is 0 Å². The quantitative estimate of drug-likeness (QED) is 0.857. The SMILES string of the molecule is CCCc1ccc(C2CNC(CC)C(N)C2)cc1. The van der Waals surface area contributed by atoms with Crippen LogP contribution in [0, 0.1) is 0 Å². The molecule has 0 radical (unpaired) electrons. The zero-order valence-corrected chi connectivity index (χ0v) is 11.7. The molecule has 1 aliphatic rings. The Hall–Kier alpha value is -0.860. The lowest BCUT2D eigenvalue weighted by molar-refractivity contribution is 0.314. The number of hydrogen-bond donors (Lipinski definition) is 2. The Balaban J connectivity index is 1.99. The molecule has 0 spiro atoms. The molecule has 2 heteroatoms. The van der Waals surface area contributed by atoms with Crippen molar-refractivity contribution in [1.29, 1.82) is 0 Å². The average molecular weight is 246 g/mol. The van der Waals surface area contributed by atoms with Gasteiger partial charge in [0, 0.05) is 18.6 Å². The molecule has 1 aliphatic heterocycles. The second-order valence-electron chi connectivity index (χ2n) is 5.51. The minimum atomic E-state index is 0.295. The van der Waals surface area contributed by atoms with Crippen LogP contribution in [0.2, 0.25) is 0 Å². The monoisotopic (exact) mass is 246 g/mol. The first-order valence-corrected chi connectivity index (χ1v) is 7.32. The molecule has 18 heavy (non-hydrogen) atoms. The van der Waals surface area contributed by atoms with Crippen molar-refractivity contribution in [2.24, 2.45) is 5.73 Å². The highest BCUT2D eigenvalue weighted by atomic mass is 15.0. The standard InChI is InChI=1S/C16H26N2/c1-3-5-12-6-8-13(9-7-12)14-10-15(17)16(4-2)18-11-14/h6-9,14-16,18H,3-5,10-11,17H2,1-2H3. The van der Waals surface area contributed by atoms with Gasteiger partial charge in [0.2, 0.25) is 0 Å². The van der Waals surface area contributed by atoms with E-state index in [-0.39, 0.29) is 0 Å². The van der Waals surface area contributed by atoms with E-state index in [2.05, 4.69) is 43.4 Å². The minimum absolute atomic E-state index is 0.295. The molecule has 2 rings (SSSR count). The summed E-state index contributed by atoms with van der Waals surface area (Å²) in [6, 6.07) is 9.92. The molecular weight excluding hydrogens is 220 g/mol. The van der Waals surface area contributed by atoms with Crippen LogP contribution in [0.25, 0.3) is 0 Å². The fraction of sp³-hybridized carbons (Fsp3) is 0.625. The number of nitrogens with one attached hydrogen (secondary N) is 1. The van der Waals surface area contributed by atoms with Crippen molar-refractivity contribution in [3.8, 4) is 0 Å². The molecule has 1 fully saturated rings. The summed E-state index contributed by atoms with van der Waals surface area (Å²) in [5.74, 6) is 0.582.